The number of para-hydroxylation sites is 1. The van der Waals surface area contributed by atoms with Crippen molar-refractivity contribution in [2.75, 3.05) is 11.1 Å². The molecule has 3 N–H and O–H groups in total. The van der Waals surface area contributed by atoms with Gasteiger partial charge in [-0.25, -0.2) is 0 Å². The molecule has 0 aliphatic carbocycles. The molecule has 0 atom stereocenters. The van der Waals surface area contributed by atoms with Crippen LogP contribution in [0.1, 0.15) is 21.5 Å². The highest BCUT2D eigenvalue weighted by Gasteiger charge is 2.13. The summed E-state index contributed by atoms with van der Waals surface area (Å²) in [6.45, 7) is 3.87. The molecule has 1 amide bonds. The third-order valence-corrected chi connectivity index (χ3v) is 3.69. The number of rotatable bonds is 2. The number of carbonyl (C=O) groups is 1. The van der Waals surface area contributed by atoms with Crippen molar-refractivity contribution in [2.24, 2.45) is 0 Å². The standard InChI is InChI=1S/C15H14Cl2N2O/c1-8-4-3-5-9(2)14(8)19-15(20)10-6-11(16)13(18)12(17)7-10/h3-7H,18H2,1-2H3,(H,19,20). The van der Waals surface area contributed by atoms with Gasteiger partial charge in [-0.1, -0.05) is 41.4 Å². The minimum Gasteiger partial charge on any atom is -0.396 e. The number of hydrogen-bond acceptors (Lipinski definition) is 2. The molecule has 0 radical (unpaired) electrons. The maximum absolute atomic E-state index is 12.3. The van der Waals surface area contributed by atoms with Crippen molar-refractivity contribution >= 4 is 40.5 Å². The molecule has 3 nitrogen and oxygen atoms in total. The van der Waals surface area contributed by atoms with Gasteiger partial charge in [-0.3, -0.25) is 4.79 Å². The highest BCUT2D eigenvalue weighted by atomic mass is 35.5. The smallest absolute Gasteiger partial charge is 0.255 e. The van der Waals surface area contributed by atoms with Crippen LogP contribution in [0.5, 0.6) is 0 Å². The number of carbonyl (C=O) groups excluding carboxylic acids is 1. The predicted octanol–water partition coefficient (Wildman–Crippen LogP) is 4.44. The molecule has 0 aliphatic heterocycles. The van der Waals surface area contributed by atoms with E-state index in [0.29, 0.717) is 5.56 Å². The fourth-order valence-corrected chi connectivity index (χ4v) is 2.40. The molecule has 20 heavy (non-hydrogen) atoms. The lowest BCUT2D eigenvalue weighted by atomic mass is 10.1. The molecule has 0 saturated heterocycles. The van der Waals surface area contributed by atoms with E-state index in [2.05, 4.69) is 5.32 Å². The Balaban J connectivity index is 2.34. The van der Waals surface area contributed by atoms with Gasteiger partial charge in [0.2, 0.25) is 0 Å². The Bertz CT molecular complexity index is 640. The van der Waals surface area contributed by atoms with E-state index in [1.807, 2.05) is 32.0 Å². The van der Waals surface area contributed by atoms with Gasteiger partial charge < -0.3 is 11.1 Å². The molecule has 2 rings (SSSR count). The van der Waals surface area contributed by atoms with Crippen LogP contribution in [0.3, 0.4) is 0 Å². The zero-order valence-corrected chi connectivity index (χ0v) is 12.6. The SMILES string of the molecule is Cc1cccc(C)c1NC(=O)c1cc(Cl)c(N)c(Cl)c1. The van der Waals surface area contributed by atoms with Crippen molar-refractivity contribution in [2.45, 2.75) is 13.8 Å². The molecule has 2 aromatic carbocycles. The van der Waals surface area contributed by atoms with E-state index in [1.54, 1.807) is 0 Å². The summed E-state index contributed by atoms with van der Waals surface area (Å²) < 4.78 is 0. The van der Waals surface area contributed by atoms with Gasteiger partial charge in [0, 0.05) is 11.3 Å². The van der Waals surface area contributed by atoms with Crippen molar-refractivity contribution in [1.82, 2.24) is 0 Å². The van der Waals surface area contributed by atoms with Crippen molar-refractivity contribution in [3.8, 4) is 0 Å². The molecular weight excluding hydrogens is 295 g/mol. The molecule has 0 unspecified atom stereocenters. The summed E-state index contributed by atoms with van der Waals surface area (Å²) in [5.74, 6) is -0.272. The first-order valence-electron chi connectivity index (χ1n) is 6.02. The minimum atomic E-state index is -0.272. The normalized spacial score (nSPS) is 10.4. The Kier molecular flexibility index (Phi) is 4.21. The Hall–Kier alpha value is -1.71. The van der Waals surface area contributed by atoms with E-state index < -0.39 is 0 Å². The fourth-order valence-electron chi connectivity index (χ4n) is 1.91. The van der Waals surface area contributed by atoms with Crippen LogP contribution in [0.2, 0.25) is 10.0 Å². The van der Waals surface area contributed by atoms with E-state index in [9.17, 15) is 4.79 Å². The molecule has 0 saturated carbocycles. The summed E-state index contributed by atoms with van der Waals surface area (Å²) >= 11 is 11.9. The van der Waals surface area contributed by atoms with Gasteiger partial charge >= 0.3 is 0 Å². The number of nitrogens with one attached hydrogen (secondary N) is 1. The number of anilines is 2. The number of nitrogens with two attached hydrogens (primary N) is 1. The second-order valence-corrected chi connectivity index (χ2v) is 5.39. The van der Waals surface area contributed by atoms with Crippen molar-refractivity contribution in [1.29, 1.82) is 0 Å². The molecule has 0 bridgehead atoms. The lowest BCUT2D eigenvalue weighted by Gasteiger charge is -2.12. The van der Waals surface area contributed by atoms with Crippen LogP contribution in [0.15, 0.2) is 30.3 Å². The number of nitrogen functional groups attached to an aromatic ring is 1. The molecule has 0 fully saturated rings. The van der Waals surface area contributed by atoms with Gasteiger partial charge in [-0.05, 0) is 37.1 Å². The van der Waals surface area contributed by atoms with Crippen LogP contribution in [0, 0.1) is 13.8 Å². The zero-order chi connectivity index (χ0) is 14.9. The monoisotopic (exact) mass is 308 g/mol. The first-order valence-corrected chi connectivity index (χ1v) is 6.78. The summed E-state index contributed by atoms with van der Waals surface area (Å²) in [6, 6.07) is 8.83. The van der Waals surface area contributed by atoms with Crippen LogP contribution >= 0.6 is 23.2 Å². The maximum atomic E-state index is 12.3. The van der Waals surface area contributed by atoms with E-state index >= 15 is 0 Å². The Morgan fingerprint density at radius 1 is 1.10 bits per heavy atom. The van der Waals surface area contributed by atoms with Crippen LogP contribution in [0.25, 0.3) is 0 Å². The van der Waals surface area contributed by atoms with E-state index in [0.717, 1.165) is 16.8 Å². The third kappa shape index (κ3) is 2.89. The van der Waals surface area contributed by atoms with Gasteiger partial charge in [0.05, 0.1) is 15.7 Å². The highest BCUT2D eigenvalue weighted by molar-refractivity contribution is 6.39. The van der Waals surface area contributed by atoms with Gasteiger partial charge in [0.1, 0.15) is 0 Å². The zero-order valence-electron chi connectivity index (χ0n) is 11.1. The lowest BCUT2D eigenvalue weighted by molar-refractivity contribution is 0.102. The number of aryl methyl sites for hydroxylation is 2. The summed E-state index contributed by atoms with van der Waals surface area (Å²) in [5, 5.41) is 3.41. The Morgan fingerprint density at radius 2 is 1.60 bits per heavy atom. The number of benzene rings is 2. The molecule has 0 heterocycles. The van der Waals surface area contributed by atoms with Crippen LogP contribution < -0.4 is 11.1 Å². The number of amides is 1. The van der Waals surface area contributed by atoms with E-state index in [-0.39, 0.29) is 21.6 Å². The second kappa shape index (κ2) is 5.73. The van der Waals surface area contributed by atoms with Crippen LogP contribution in [0.4, 0.5) is 11.4 Å². The average molecular weight is 309 g/mol. The first kappa shape index (κ1) is 14.7. The number of halogens is 2. The largest absolute Gasteiger partial charge is 0.396 e. The summed E-state index contributed by atoms with van der Waals surface area (Å²) in [7, 11) is 0. The second-order valence-electron chi connectivity index (χ2n) is 4.57. The molecule has 5 heteroatoms. The average Bonchev–Trinajstić information content (AvgIpc) is 2.39. The molecule has 2 aromatic rings. The van der Waals surface area contributed by atoms with Gasteiger partial charge in [0.25, 0.3) is 5.91 Å². The highest BCUT2D eigenvalue weighted by Crippen LogP contribution is 2.29. The van der Waals surface area contributed by atoms with E-state index in [4.69, 9.17) is 28.9 Å². The fraction of sp³-hybridized carbons (Fsp3) is 0.133. The predicted molar refractivity (Wildman–Crippen MR) is 84.7 cm³/mol. The van der Waals surface area contributed by atoms with E-state index in [1.165, 1.54) is 12.1 Å². The molecule has 0 spiro atoms. The van der Waals surface area contributed by atoms with Crippen LogP contribution in [-0.2, 0) is 0 Å². The summed E-state index contributed by atoms with van der Waals surface area (Å²) in [6.07, 6.45) is 0. The van der Waals surface area contributed by atoms with Crippen molar-refractivity contribution < 1.29 is 4.79 Å². The number of hydrogen-bond donors (Lipinski definition) is 2. The Labute approximate surface area is 127 Å². The third-order valence-electron chi connectivity index (χ3n) is 3.06. The van der Waals surface area contributed by atoms with Crippen LogP contribution in [-0.4, -0.2) is 5.91 Å². The summed E-state index contributed by atoms with van der Waals surface area (Å²) in [4.78, 5) is 12.3. The molecule has 104 valence electrons. The topological polar surface area (TPSA) is 55.1 Å². The van der Waals surface area contributed by atoms with Crippen molar-refractivity contribution in [3.63, 3.8) is 0 Å². The maximum Gasteiger partial charge on any atom is 0.255 e. The first-order chi connectivity index (χ1) is 9.40. The minimum absolute atomic E-state index is 0.268. The van der Waals surface area contributed by atoms with Gasteiger partial charge in [0.15, 0.2) is 0 Å². The quantitative estimate of drug-likeness (QED) is 0.806. The molecular formula is C15H14Cl2N2O. The molecule has 0 aromatic heterocycles. The Morgan fingerprint density at radius 3 is 2.10 bits per heavy atom. The van der Waals surface area contributed by atoms with Gasteiger partial charge in [-0.15, -0.1) is 0 Å². The summed E-state index contributed by atoms with van der Waals surface area (Å²) in [5.41, 5.74) is 9.08. The lowest BCUT2D eigenvalue weighted by Crippen LogP contribution is -2.14. The molecule has 0 aliphatic rings. The van der Waals surface area contributed by atoms with Crippen molar-refractivity contribution in [3.05, 3.63) is 57.1 Å². The van der Waals surface area contributed by atoms with Gasteiger partial charge in [-0.2, -0.15) is 0 Å².